The molecule has 0 radical (unpaired) electrons. The van der Waals surface area contributed by atoms with E-state index in [1.165, 1.54) is 396 Å². The Morgan fingerprint density at radius 3 is 0.569 bits per heavy atom. The number of methoxy groups -OCH3 is 2. The molecule has 4 saturated carbocycles. The summed E-state index contributed by atoms with van der Waals surface area (Å²) in [6.45, 7) is 14.3. The van der Waals surface area contributed by atoms with Gasteiger partial charge < -0.3 is 9.47 Å². The smallest absolute Gasteiger partial charge is 0.119 e. The number of hydrogen-bond donors (Lipinski definition) is 8. The molecule has 664 valence electrons. The van der Waals surface area contributed by atoms with Crippen LogP contribution in [0.25, 0.3) is 0 Å². The Kier molecular flexibility index (Phi) is 43.8. The molecule has 0 spiro atoms. The molecule has 5 saturated heterocycles. The van der Waals surface area contributed by atoms with Crippen molar-refractivity contribution >= 4 is 0 Å². The molecule has 5 heterocycles. The summed E-state index contributed by atoms with van der Waals surface area (Å²) in [4.78, 5) is 0. The number of nitrogens with one attached hydrogen (secondary N) is 8. The van der Waals surface area contributed by atoms with E-state index in [-0.39, 0.29) is 49.3 Å². The van der Waals surface area contributed by atoms with Crippen LogP contribution < -0.4 is 52.0 Å². The molecule has 10 heteroatoms. The highest BCUT2D eigenvalue weighted by molar-refractivity contribution is 5.37. The average Bonchev–Trinajstić information content (AvgIpc) is 1.57. The third-order valence-corrected chi connectivity index (χ3v) is 33.1. The number of fused-ring (bicyclic) bond motifs is 20. The summed E-state index contributed by atoms with van der Waals surface area (Å²) >= 11 is 0. The summed E-state index contributed by atoms with van der Waals surface area (Å²) < 4.78 is 12.5. The van der Waals surface area contributed by atoms with E-state index in [1.807, 2.05) is 14.2 Å². The number of unbranched alkanes of at least 4 members (excludes halogenated alkanes) is 42. The first kappa shape index (κ1) is 94.4. The molecular weight excluding hydrogens is 1420 g/mol. The molecule has 0 amide bonds. The van der Waals surface area contributed by atoms with Crippen molar-refractivity contribution in [3.63, 3.8) is 0 Å². The van der Waals surface area contributed by atoms with E-state index in [4.69, 9.17) is 52.0 Å². The fraction of sp³-hybridized carbons (Fsp3) is 0.887. The lowest BCUT2D eigenvalue weighted by Crippen LogP contribution is -2.62. The van der Waals surface area contributed by atoms with Crippen molar-refractivity contribution in [3.8, 4) is 11.5 Å². The molecule has 116 heavy (non-hydrogen) atoms. The van der Waals surface area contributed by atoms with Crippen LogP contribution in [-0.2, 0) is 0 Å². The molecule has 2 aromatic carbocycles. The third kappa shape index (κ3) is 27.9. The Balaban J connectivity index is 1.03. The fourth-order valence-corrected chi connectivity index (χ4v) is 27.0. The van der Waals surface area contributed by atoms with Crippen LogP contribution in [0.2, 0.25) is 0 Å². The maximum absolute atomic E-state index is 6.23. The minimum Gasteiger partial charge on any atom is -0.497 e. The Labute approximate surface area is 716 Å². The highest BCUT2D eigenvalue weighted by Crippen LogP contribution is 2.58. The molecule has 24 unspecified atom stereocenters. The standard InChI is InChI=1S/C106H188N8O2/c1-9-15-21-27-33-39-45-51-59-79-69-70-80(60-52-46-40-34-28-22-16-10-2)92-91(79)99-107-100(92)109-102-94-82(62-54-48-42-36-30-24-18-12-4)72-74-84(64-56-50-44-38-32-26-20-14-6)96(94)104(111-102)113-106-98-90(86-66-58-68-88(78-86)116-8)76-75-89(85-65-57-67-87(77-85)115-7)97(98)105(114-106)112-103-95-83(63-55-49-43-37-31-25-19-13-5)73-71-81(93(95)101(108-99)110-103)61-53-47-41-35-29-23-17-11-3/h57-58,65-68,77-84,89-114H,9-56,59-64,69-76H2,1-8H3. The minimum atomic E-state index is 0.0916. The van der Waals surface area contributed by atoms with Gasteiger partial charge in [-0.1, -0.05) is 413 Å². The van der Waals surface area contributed by atoms with Crippen molar-refractivity contribution < 1.29 is 9.47 Å². The van der Waals surface area contributed by atoms with Crippen LogP contribution in [-0.4, -0.2) is 63.5 Å². The van der Waals surface area contributed by atoms with E-state index in [9.17, 15) is 0 Å². The summed E-state index contributed by atoms with van der Waals surface area (Å²) in [5.74, 6) is 11.1. The van der Waals surface area contributed by atoms with Gasteiger partial charge in [0, 0.05) is 11.8 Å². The maximum atomic E-state index is 6.23. The second kappa shape index (κ2) is 53.8. The van der Waals surface area contributed by atoms with Gasteiger partial charge in [-0.2, -0.15) is 0 Å². The van der Waals surface area contributed by atoms with Crippen molar-refractivity contribution in [1.82, 2.24) is 42.5 Å². The third-order valence-electron chi connectivity index (χ3n) is 33.1. The molecule has 11 rings (SSSR count). The van der Waals surface area contributed by atoms with Crippen LogP contribution in [0, 0.1) is 82.9 Å². The Hall–Kier alpha value is -2.28. The van der Waals surface area contributed by atoms with Gasteiger partial charge in [0.1, 0.15) is 11.5 Å². The van der Waals surface area contributed by atoms with Gasteiger partial charge in [0.15, 0.2) is 0 Å². The van der Waals surface area contributed by atoms with E-state index in [2.05, 4.69) is 90.1 Å². The molecule has 5 aliphatic heterocycles. The lowest BCUT2D eigenvalue weighted by atomic mass is 9.61. The van der Waals surface area contributed by atoms with Crippen molar-refractivity contribution in [3.05, 3.63) is 59.7 Å². The average molecular weight is 1610 g/mol. The fourth-order valence-electron chi connectivity index (χ4n) is 27.0. The normalized spacial score (nSPS) is 32.8. The summed E-state index contributed by atoms with van der Waals surface area (Å²) in [7, 11) is 3.79. The topological polar surface area (TPSA) is 115 Å². The lowest BCUT2D eigenvalue weighted by Gasteiger charge is -2.46. The molecule has 10 nitrogen and oxygen atoms in total. The van der Waals surface area contributed by atoms with Gasteiger partial charge >= 0.3 is 0 Å². The predicted octanol–water partition coefficient (Wildman–Crippen LogP) is 28.0. The molecule has 9 fully saturated rings. The zero-order valence-electron chi connectivity index (χ0n) is 77.1. The Morgan fingerprint density at radius 1 is 0.216 bits per heavy atom. The van der Waals surface area contributed by atoms with Gasteiger partial charge in [-0.3, -0.25) is 42.5 Å². The van der Waals surface area contributed by atoms with Gasteiger partial charge in [0.05, 0.1) is 63.5 Å². The minimum absolute atomic E-state index is 0.0916. The Bertz CT molecular complexity index is 2670. The van der Waals surface area contributed by atoms with E-state index in [0.717, 1.165) is 36.2 Å². The monoisotopic (exact) mass is 1610 g/mol. The molecule has 8 bridgehead atoms. The molecule has 24 atom stereocenters. The van der Waals surface area contributed by atoms with Gasteiger partial charge in [0.25, 0.3) is 0 Å². The summed E-state index contributed by atoms with van der Waals surface area (Å²) in [5.41, 5.74) is 2.93. The van der Waals surface area contributed by atoms with E-state index < -0.39 is 0 Å². The van der Waals surface area contributed by atoms with Crippen molar-refractivity contribution in [1.29, 1.82) is 0 Å². The largest absolute Gasteiger partial charge is 0.497 e. The Morgan fingerprint density at radius 2 is 0.388 bits per heavy atom. The first-order valence-electron chi connectivity index (χ1n) is 52.7. The molecular formula is C106H188N8O2. The molecule has 8 N–H and O–H groups in total. The van der Waals surface area contributed by atoms with Crippen molar-refractivity contribution in [2.45, 2.75) is 501 Å². The molecule has 0 aromatic heterocycles. The van der Waals surface area contributed by atoms with Crippen molar-refractivity contribution in [2.24, 2.45) is 82.9 Å². The zero-order valence-corrected chi connectivity index (χ0v) is 77.1. The number of hydrogen-bond acceptors (Lipinski definition) is 10. The second-order valence-corrected chi connectivity index (χ2v) is 41.0. The van der Waals surface area contributed by atoms with Gasteiger partial charge in [-0.25, -0.2) is 0 Å². The first-order chi connectivity index (χ1) is 57.3. The first-order valence-corrected chi connectivity index (χ1v) is 52.7. The summed E-state index contributed by atoms with van der Waals surface area (Å²) in [5, 5.41) is 39.4. The van der Waals surface area contributed by atoms with Crippen LogP contribution in [0.1, 0.15) is 463 Å². The van der Waals surface area contributed by atoms with E-state index >= 15 is 0 Å². The number of rotatable bonds is 58. The van der Waals surface area contributed by atoms with Crippen LogP contribution in [0.15, 0.2) is 48.5 Å². The highest BCUT2D eigenvalue weighted by Gasteiger charge is 2.62. The molecule has 9 aliphatic rings. The zero-order chi connectivity index (χ0) is 80.7. The van der Waals surface area contributed by atoms with E-state index in [1.54, 1.807) is 0 Å². The lowest BCUT2D eigenvalue weighted by molar-refractivity contribution is 0.0422. The van der Waals surface area contributed by atoms with Crippen molar-refractivity contribution in [2.75, 3.05) is 14.2 Å². The van der Waals surface area contributed by atoms with Crippen LogP contribution in [0.4, 0.5) is 0 Å². The molecule has 2 aromatic rings. The molecule has 4 aliphatic carbocycles. The van der Waals surface area contributed by atoms with Crippen LogP contribution in [0.5, 0.6) is 11.5 Å². The number of benzene rings is 2. The summed E-state index contributed by atoms with van der Waals surface area (Å²) in [6.07, 6.45) is 87.8. The van der Waals surface area contributed by atoms with E-state index in [0.29, 0.717) is 82.9 Å². The number of ether oxygens (including phenoxy) is 2. The summed E-state index contributed by atoms with van der Waals surface area (Å²) in [6, 6.07) is 18.9. The van der Waals surface area contributed by atoms with Gasteiger partial charge in [0.2, 0.25) is 0 Å². The highest BCUT2D eigenvalue weighted by atomic mass is 16.5. The second-order valence-electron chi connectivity index (χ2n) is 41.0. The van der Waals surface area contributed by atoms with Crippen LogP contribution in [0.3, 0.4) is 0 Å². The quantitative estimate of drug-likeness (QED) is 0.0305. The maximum Gasteiger partial charge on any atom is 0.119 e. The SMILES string of the molecule is CCCCCCCCCCC1CCC(CCCCCCCCCC)C2C3NC(NC4NC(NC5NC(NC6NC(N3)C3C(CCCCCCCCCC)CCC(CCCCCCCCCC)C63)C3C(c6cccc(OC)c6)CCC(c6cccc(OC)c6)C53)C3C(CCCCCCCCCC)CCC(CCCCCCCCCC)C43)C12. The van der Waals surface area contributed by atoms with Crippen LogP contribution >= 0.6 is 0 Å². The predicted molar refractivity (Wildman–Crippen MR) is 496 cm³/mol. The van der Waals surface area contributed by atoms with Gasteiger partial charge in [-0.15, -0.1) is 0 Å². The van der Waals surface area contributed by atoms with Gasteiger partial charge in [-0.05, 0) is 170 Å².